The molecule has 8 heteroatoms. The highest BCUT2D eigenvalue weighted by molar-refractivity contribution is 7.86. The minimum atomic E-state index is -3.50. The molecule has 0 aliphatic carbocycles. The van der Waals surface area contributed by atoms with Gasteiger partial charge in [0.05, 0.1) is 0 Å². The van der Waals surface area contributed by atoms with Crippen molar-refractivity contribution in [3.05, 3.63) is 45.9 Å². The highest BCUT2D eigenvalue weighted by atomic mass is 32.2. The Labute approximate surface area is 171 Å². The standard InChI is InChI=1S/C21H28N4O3S/c26-21-18-6-2-1-5-17(18)19-15-25(14-9-20(19)22-21)29(27,28)24-12-7-16(8-13-24)23-10-3-4-11-23/h1-2,5-6,16H,3-4,7-15H2,(H,22,26). The van der Waals surface area contributed by atoms with Crippen molar-refractivity contribution in [2.24, 2.45) is 0 Å². The lowest BCUT2D eigenvalue weighted by Crippen LogP contribution is -2.51. The molecule has 0 spiro atoms. The summed E-state index contributed by atoms with van der Waals surface area (Å²) in [7, 11) is -3.50. The van der Waals surface area contributed by atoms with Crippen molar-refractivity contribution >= 4 is 21.0 Å². The smallest absolute Gasteiger partial charge is 0.282 e. The van der Waals surface area contributed by atoms with Crippen LogP contribution in [0.1, 0.15) is 36.9 Å². The molecular formula is C21H28N4O3S. The van der Waals surface area contributed by atoms with E-state index >= 15 is 0 Å². The Balaban J connectivity index is 1.36. The molecule has 4 heterocycles. The molecule has 2 fully saturated rings. The second-order valence-electron chi connectivity index (χ2n) is 8.42. The number of piperidine rings is 1. The monoisotopic (exact) mass is 416 g/mol. The van der Waals surface area contributed by atoms with E-state index in [0.717, 1.165) is 42.6 Å². The van der Waals surface area contributed by atoms with Crippen molar-refractivity contribution in [2.75, 3.05) is 32.7 Å². The third-order valence-corrected chi connectivity index (χ3v) is 8.79. The Morgan fingerprint density at radius 3 is 2.31 bits per heavy atom. The Morgan fingerprint density at radius 1 is 0.897 bits per heavy atom. The summed E-state index contributed by atoms with van der Waals surface area (Å²) in [6.45, 7) is 4.24. The van der Waals surface area contributed by atoms with Gasteiger partial charge in [-0.1, -0.05) is 18.2 Å². The van der Waals surface area contributed by atoms with Crippen LogP contribution in [0.3, 0.4) is 0 Å². The molecule has 1 N–H and O–H groups in total. The van der Waals surface area contributed by atoms with Crippen molar-refractivity contribution in [3.63, 3.8) is 0 Å². The van der Waals surface area contributed by atoms with Gasteiger partial charge in [0.15, 0.2) is 0 Å². The summed E-state index contributed by atoms with van der Waals surface area (Å²) in [6, 6.07) is 7.98. The number of fused-ring (bicyclic) bond motifs is 3. The van der Waals surface area contributed by atoms with Crippen LogP contribution in [0.25, 0.3) is 10.8 Å². The van der Waals surface area contributed by atoms with Gasteiger partial charge in [0.1, 0.15) is 0 Å². The zero-order valence-corrected chi connectivity index (χ0v) is 17.5. The SMILES string of the molecule is O=c1[nH]c2c(c3ccccc13)CN(S(=O)(=O)N1CCC(N3CCCC3)CC1)CC2. The third-order valence-electron chi connectivity index (χ3n) is 6.80. The van der Waals surface area contributed by atoms with Crippen LogP contribution >= 0.6 is 0 Å². The molecule has 29 heavy (non-hydrogen) atoms. The molecule has 0 atom stereocenters. The molecule has 0 bridgehead atoms. The average Bonchev–Trinajstić information content (AvgIpc) is 3.29. The van der Waals surface area contributed by atoms with E-state index in [1.54, 1.807) is 14.7 Å². The number of hydrogen-bond acceptors (Lipinski definition) is 4. The molecule has 3 aliphatic heterocycles. The van der Waals surface area contributed by atoms with E-state index in [0.29, 0.717) is 44.0 Å². The zero-order valence-electron chi connectivity index (χ0n) is 16.6. The van der Waals surface area contributed by atoms with Gasteiger partial charge >= 0.3 is 0 Å². The molecule has 0 unspecified atom stereocenters. The van der Waals surface area contributed by atoms with Crippen molar-refractivity contribution in [3.8, 4) is 0 Å². The molecule has 2 aromatic rings. The van der Waals surface area contributed by atoms with Crippen LogP contribution in [0.4, 0.5) is 0 Å². The van der Waals surface area contributed by atoms with E-state index in [-0.39, 0.29) is 5.56 Å². The number of rotatable bonds is 3. The maximum Gasteiger partial charge on any atom is 0.282 e. The van der Waals surface area contributed by atoms with E-state index < -0.39 is 10.2 Å². The molecule has 2 saturated heterocycles. The molecule has 3 aliphatic rings. The minimum absolute atomic E-state index is 0.0976. The highest BCUT2D eigenvalue weighted by Gasteiger charge is 2.36. The molecule has 7 nitrogen and oxygen atoms in total. The van der Waals surface area contributed by atoms with E-state index in [4.69, 9.17) is 0 Å². The molecule has 0 radical (unpaired) electrons. The third kappa shape index (κ3) is 3.42. The first kappa shape index (κ1) is 19.2. The van der Waals surface area contributed by atoms with Crippen molar-refractivity contribution in [1.82, 2.24) is 18.5 Å². The lowest BCUT2D eigenvalue weighted by molar-refractivity contribution is 0.163. The van der Waals surface area contributed by atoms with Gasteiger partial charge in [0.2, 0.25) is 0 Å². The number of H-pyrrole nitrogens is 1. The first-order valence-corrected chi connectivity index (χ1v) is 12.1. The second kappa shape index (κ2) is 7.50. The van der Waals surface area contributed by atoms with Gasteiger partial charge in [-0.2, -0.15) is 17.0 Å². The molecular weight excluding hydrogens is 388 g/mol. The summed E-state index contributed by atoms with van der Waals surface area (Å²) >= 11 is 0. The number of pyridine rings is 1. The predicted octanol–water partition coefficient (Wildman–Crippen LogP) is 1.69. The number of aromatic nitrogens is 1. The normalized spacial score (nSPS) is 22.9. The van der Waals surface area contributed by atoms with Crippen LogP contribution in [-0.2, 0) is 23.2 Å². The van der Waals surface area contributed by atoms with Crippen LogP contribution in [0.2, 0.25) is 0 Å². The van der Waals surface area contributed by atoms with Gasteiger partial charge in [0.25, 0.3) is 15.8 Å². The van der Waals surface area contributed by atoms with Gasteiger partial charge in [-0.15, -0.1) is 0 Å². The van der Waals surface area contributed by atoms with Crippen molar-refractivity contribution in [2.45, 2.75) is 44.7 Å². The largest absolute Gasteiger partial charge is 0.325 e. The van der Waals surface area contributed by atoms with Gasteiger partial charge < -0.3 is 9.88 Å². The summed E-state index contributed by atoms with van der Waals surface area (Å²) in [5.41, 5.74) is 1.70. The number of aromatic amines is 1. The van der Waals surface area contributed by atoms with Crippen molar-refractivity contribution in [1.29, 1.82) is 0 Å². The van der Waals surface area contributed by atoms with Crippen LogP contribution < -0.4 is 5.56 Å². The predicted molar refractivity (Wildman–Crippen MR) is 113 cm³/mol. The summed E-state index contributed by atoms with van der Waals surface area (Å²) in [5.74, 6) is 0. The van der Waals surface area contributed by atoms with Crippen LogP contribution in [0, 0.1) is 0 Å². The number of benzene rings is 1. The fraction of sp³-hybridized carbons (Fsp3) is 0.571. The summed E-state index contributed by atoms with van der Waals surface area (Å²) in [4.78, 5) is 17.8. The minimum Gasteiger partial charge on any atom is -0.325 e. The number of nitrogens with zero attached hydrogens (tertiary/aromatic N) is 3. The van der Waals surface area contributed by atoms with Crippen LogP contribution in [0.15, 0.2) is 29.1 Å². The second-order valence-corrected chi connectivity index (χ2v) is 10.3. The first-order valence-electron chi connectivity index (χ1n) is 10.7. The topological polar surface area (TPSA) is 76.7 Å². The van der Waals surface area contributed by atoms with Gasteiger partial charge in [-0.05, 0) is 55.8 Å². The fourth-order valence-corrected chi connectivity index (χ4v) is 6.79. The maximum atomic E-state index is 13.3. The lowest BCUT2D eigenvalue weighted by Gasteiger charge is -2.39. The summed E-state index contributed by atoms with van der Waals surface area (Å²) < 4.78 is 30.0. The van der Waals surface area contributed by atoms with Gasteiger partial charge in [0, 0.05) is 49.7 Å². The summed E-state index contributed by atoms with van der Waals surface area (Å²) in [5, 5.41) is 1.48. The van der Waals surface area contributed by atoms with E-state index in [9.17, 15) is 13.2 Å². The Morgan fingerprint density at radius 2 is 1.59 bits per heavy atom. The Kier molecular flexibility index (Phi) is 4.98. The maximum absolute atomic E-state index is 13.3. The average molecular weight is 417 g/mol. The Hall–Kier alpha value is -1.74. The van der Waals surface area contributed by atoms with E-state index in [1.807, 2.05) is 18.2 Å². The zero-order chi connectivity index (χ0) is 20.0. The van der Waals surface area contributed by atoms with Crippen molar-refractivity contribution < 1.29 is 8.42 Å². The molecule has 1 aromatic heterocycles. The van der Waals surface area contributed by atoms with Gasteiger partial charge in [-0.25, -0.2) is 0 Å². The molecule has 1 aromatic carbocycles. The molecule has 0 saturated carbocycles. The quantitative estimate of drug-likeness (QED) is 0.826. The van der Waals surface area contributed by atoms with Gasteiger partial charge in [-0.3, -0.25) is 4.79 Å². The highest BCUT2D eigenvalue weighted by Crippen LogP contribution is 2.29. The summed E-state index contributed by atoms with van der Waals surface area (Å²) in [6.07, 6.45) is 4.90. The number of nitrogens with one attached hydrogen (secondary N) is 1. The van der Waals surface area contributed by atoms with E-state index in [2.05, 4.69) is 9.88 Å². The Bertz CT molecular complexity index is 1070. The molecule has 5 rings (SSSR count). The first-order chi connectivity index (χ1) is 14.0. The lowest BCUT2D eigenvalue weighted by atomic mass is 10.0. The molecule has 156 valence electrons. The van der Waals surface area contributed by atoms with Crippen LogP contribution in [0.5, 0.6) is 0 Å². The van der Waals surface area contributed by atoms with Crippen LogP contribution in [-0.4, -0.2) is 65.7 Å². The number of likely N-dealkylation sites (tertiary alicyclic amines) is 1. The number of hydrogen-bond donors (Lipinski definition) is 1. The molecule has 0 amide bonds. The fourth-order valence-electron chi connectivity index (χ4n) is 5.18. The van der Waals surface area contributed by atoms with E-state index in [1.165, 1.54) is 12.8 Å².